The summed E-state index contributed by atoms with van der Waals surface area (Å²) in [6.45, 7) is 7.51. The lowest BCUT2D eigenvalue weighted by molar-refractivity contribution is 0.0488. The Morgan fingerprint density at radius 3 is 2.42 bits per heavy atom. The quantitative estimate of drug-likeness (QED) is 0.543. The third-order valence-electron chi connectivity index (χ3n) is 5.88. The van der Waals surface area contributed by atoms with Crippen LogP contribution in [0.1, 0.15) is 62.6 Å². The third kappa shape index (κ3) is 5.50. The van der Waals surface area contributed by atoms with Crippen molar-refractivity contribution in [2.45, 2.75) is 71.1 Å². The van der Waals surface area contributed by atoms with Crippen LogP contribution < -0.4 is 10.6 Å². The highest BCUT2D eigenvalue weighted by molar-refractivity contribution is 6.05. The molecule has 2 amide bonds. The summed E-state index contributed by atoms with van der Waals surface area (Å²) in [6.07, 6.45) is 4.53. The minimum atomic E-state index is -0.517. The van der Waals surface area contributed by atoms with Gasteiger partial charge in [-0.05, 0) is 77.1 Å². The molecule has 0 spiro atoms. The minimum absolute atomic E-state index is 0.0460. The van der Waals surface area contributed by atoms with E-state index in [1.807, 2.05) is 58.0 Å². The molecule has 0 atom stereocenters. The second-order valence-corrected chi connectivity index (χ2v) is 9.64. The van der Waals surface area contributed by atoms with E-state index < -0.39 is 11.7 Å². The number of hydrogen-bond donors (Lipinski definition) is 3. The first-order valence-corrected chi connectivity index (χ1v) is 11.4. The summed E-state index contributed by atoms with van der Waals surface area (Å²) < 4.78 is 5.34. The van der Waals surface area contributed by atoms with Crippen LogP contribution in [0.5, 0.6) is 0 Å². The fourth-order valence-corrected chi connectivity index (χ4v) is 4.25. The van der Waals surface area contributed by atoms with Gasteiger partial charge >= 0.3 is 6.09 Å². The highest BCUT2D eigenvalue weighted by Crippen LogP contribution is 2.27. The van der Waals surface area contributed by atoms with E-state index in [1.165, 1.54) is 0 Å². The van der Waals surface area contributed by atoms with Crippen molar-refractivity contribution in [1.82, 2.24) is 25.8 Å². The lowest BCUT2D eigenvalue weighted by Crippen LogP contribution is -2.45. The van der Waals surface area contributed by atoms with Crippen LogP contribution in [0.2, 0.25) is 0 Å². The van der Waals surface area contributed by atoms with Crippen molar-refractivity contribution in [1.29, 1.82) is 0 Å². The van der Waals surface area contributed by atoms with E-state index in [1.54, 1.807) is 6.20 Å². The number of benzene rings is 1. The second-order valence-electron chi connectivity index (χ2n) is 9.64. The number of aromatic nitrogens is 3. The Labute approximate surface area is 193 Å². The molecule has 8 nitrogen and oxygen atoms in total. The molecule has 1 aromatic carbocycles. The zero-order chi connectivity index (χ0) is 23.6. The molecule has 1 saturated carbocycles. The highest BCUT2D eigenvalue weighted by atomic mass is 16.6. The van der Waals surface area contributed by atoms with Gasteiger partial charge in [-0.2, -0.15) is 5.10 Å². The summed E-state index contributed by atoms with van der Waals surface area (Å²) in [5, 5.41) is 14.1. The summed E-state index contributed by atoms with van der Waals surface area (Å²) in [6, 6.07) is 9.96. The van der Waals surface area contributed by atoms with E-state index in [0.29, 0.717) is 5.69 Å². The van der Waals surface area contributed by atoms with Crippen LogP contribution >= 0.6 is 0 Å². The molecule has 3 N–H and O–H groups in total. The van der Waals surface area contributed by atoms with E-state index in [-0.39, 0.29) is 18.0 Å². The van der Waals surface area contributed by atoms with E-state index in [2.05, 4.69) is 25.8 Å². The van der Waals surface area contributed by atoms with Crippen molar-refractivity contribution in [3.8, 4) is 11.1 Å². The Morgan fingerprint density at radius 1 is 1.06 bits per heavy atom. The molecular weight excluding hydrogens is 418 g/mol. The van der Waals surface area contributed by atoms with Crippen molar-refractivity contribution >= 4 is 22.9 Å². The van der Waals surface area contributed by atoms with E-state index in [9.17, 15) is 9.59 Å². The average molecular weight is 450 g/mol. The molecule has 3 aromatic rings. The van der Waals surface area contributed by atoms with Crippen LogP contribution in [-0.2, 0) is 4.74 Å². The predicted octanol–water partition coefficient (Wildman–Crippen LogP) is 4.50. The fraction of sp³-hybridized carbons (Fsp3) is 0.440. The molecule has 0 saturated heterocycles. The largest absolute Gasteiger partial charge is 0.444 e. The number of pyridine rings is 1. The van der Waals surface area contributed by atoms with Gasteiger partial charge in [0.1, 0.15) is 5.60 Å². The first-order chi connectivity index (χ1) is 15.7. The van der Waals surface area contributed by atoms with E-state index >= 15 is 0 Å². The van der Waals surface area contributed by atoms with Crippen LogP contribution in [0.4, 0.5) is 4.79 Å². The Hall–Kier alpha value is -3.42. The topological polar surface area (TPSA) is 109 Å². The molecule has 33 heavy (non-hydrogen) atoms. The average Bonchev–Trinajstić information content (AvgIpc) is 3.17. The number of alkyl carbamates (subject to hydrolysis) is 1. The Balaban J connectivity index is 1.39. The standard InChI is InChI=1S/C25H31N5O3/c1-15-19(6-5-13-26-15)16-7-12-21-20(14-16)22(30-29-21)23(31)27-17-8-10-18(11-9-17)28-24(32)33-25(2,3)4/h5-7,12-14,17-18H,8-11H2,1-4H3,(H,27,31)(H,28,32)(H,29,30). The normalized spacial score (nSPS) is 18.7. The zero-order valence-corrected chi connectivity index (χ0v) is 19.6. The molecule has 1 aliphatic rings. The molecule has 4 rings (SSSR count). The van der Waals surface area contributed by atoms with Crippen molar-refractivity contribution in [3.05, 3.63) is 47.9 Å². The van der Waals surface area contributed by atoms with Crippen molar-refractivity contribution in [3.63, 3.8) is 0 Å². The number of H-pyrrole nitrogens is 1. The fourth-order valence-electron chi connectivity index (χ4n) is 4.25. The van der Waals surface area contributed by atoms with Gasteiger partial charge in [0.15, 0.2) is 5.69 Å². The molecule has 8 heteroatoms. The maximum Gasteiger partial charge on any atom is 0.407 e. The molecule has 0 unspecified atom stereocenters. The molecule has 2 heterocycles. The number of ether oxygens (including phenoxy) is 1. The molecule has 1 fully saturated rings. The van der Waals surface area contributed by atoms with Gasteiger partial charge in [-0.3, -0.25) is 14.9 Å². The molecule has 1 aliphatic carbocycles. The summed E-state index contributed by atoms with van der Waals surface area (Å²) >= 11 is 0. The zero-order valence-electron chi connectivity index (χ0n) is 19.6. The summed E-state index contributed by atoms with van der Waals surface area (Å²) in [4.78, 5) is 29.4. The first kappa shape index (κ1) is 22.8. The van der Waals surface area contributed by atoms with Crippen molar-refractivity contribution < 1.29 is 14.3 Å². The van der Waals surface area contributed by atoms with Gasteiger partial charge in [0.25, 0.3) is 5.91 Å². The van der Waals surface area contributed by atoms with Gasteiger partial charge in [0, 0.05) is 34.9 Å². The van der Waals surface area contributed by atoms with Gasteiger partial charge in [-0.1, -0.05) is 12.1 Å². The molecule has 174 valence electrons. The van der Waals surface area contributed by atoms with E-state index in [0.717, 1.165) is 53.4 Å². The maximum atomic E-state index is 13.0. The van der Waals surface area contributed by atoms with Gasteiger partial charge in [0.2, 0.25) is 0 Å². The monoisotopic (exact) mass is 449 g/mol. The smallest absolute Gasteiger partial charge is 0.407 e. The number of carbonyl (C=O) groups excluding carboxylic acids is 2. The van der Waals surface area contributed by atoms with Crippen LogP contribution in [0.25, 0.3) is 22.0 Å². The Bertz CT molecular complexity index is 1160. The van der Waals surface area contributed by atoms with Crippen LogP contribution in [0.3, 0.4) is 0 Å². The molecule has 0 bridgehead atoms. The number of rotatable bonds is 4. The van der Waals surface area contributed by atoms with Crippen LogP contribution in [0.15, 0.2) is 36.5 Å². The number of nitrogens with zero attached hydrogens (tertiary/aromatic N) is 2. The van der Waals surface area contributed by atoms with Crippen molar-refractivity contribution in [2.75, 3.05) is 0 Å². The number of aryl methyl sites for hydroxylation is 1. The summed E-state index contributed by atoms with van der Waals surface area (Å²) in [5.74, 6) is -0.190. The Morgan fingerprint density at radius 2 is 1.76 bits per heavy atom. The first-order valence-electron chi connectivity index (χ1n) is 11.4. The number of fused-ring (bicyclic) bond motifs is 1. The minimum Gasteiger partial charge on any atom is -0.444 e. The van der Waals surface area contributed by atoms with Crippen LogP contribution in [0, 0.1) is 6.92 Å². The van der Waals surface area contributed by atoms with Gasteiger partial charge < -0.3 is 15.4 Å². The number of nitrogens with one attached hydrogen (secondary N) is 3. The molecule has 0 aliphatic heterocycles. The number of hydrogen-bond acceptors (Lipinski definition) is 5. The lowest BCUT2D eigenvalue weighted by atomic mass is 9.91. The summed E-state index contributed by atoms with van der Waals surface area (Å²) in [7, 11) is 0. The molecule has 0 radical (unpaired) electrons. The van der Waals surface area contributed by atoms with Crippen molar-refractivity contribution in [2.24, 2.45) is 0 Å². The SMILES string of the molecule is Cc1ncccc1-c1ccc2[nH]nc(C(=O)NC3CCC(NC(=O)OC(C)(C)C)CC3)c2c1. The highest BCUT2D eigenvalue weighted by Gasteiger charge is 2.26. The summed E-state index contributed by atoms with van der Waals surface area (Å²) in [5.41, 5.74) is 3.65. The maximum absolute atomic E-state index is 13.0. The molecule has 2 aromatic heterocycles. The lowest BCUT2D eigenvalue weighted by Gasteiger charge is -2.30. The van der Waals surface area contributed by atoms with Gasteiger partial charge in [-0.15, -0.1) is 0 Å². The number of amides is 2. The number of aromatic amines is 1. The van der Waals surface area contributed by atoms with Gasteiger partial charge in [0.05, 0.1) is 5.52 Å². The van der Waals surface area contributed by atoms with Gasteiger partial charge in [-0.25, -0.2) is 4.79 Å². The number of carbonyl (C=O) groups is 2. The predicted molar refractivity (Wildman–Crippen MR) is 127 cm³/mol. The molecular formula is C25H31N5O3. The van der Waals surface area contributed by atoms with E-state index in [4.69, 9.17) is 4.74 Å². The Kier molecular flexibility index (Phi) is 6.35. The van der Waals surface area contributed by atoms with Crippen LogP contribution in [-0.4, -0.2) is 44.9 Å². The second kappa shape index (κ2) is 9.21. The third-order valence-corrected chi connectivity index (χ3v) is 5.88.